The van der Waals surface area contributed by atoms with Crippen molar-refractivity contribution in [1.82, 2.24) is 0 Å². The summed E-state index contributed by atoms with van der Waals surface area (Å²) in [6.45, 7) is 0. The summed E-state index contributed by atoms with van der Waals surface area (Å²) >= 11 is 0. The van der Waals surface area contributed by atoms with E-state index in [0.29, 0.717) is 0 Å². The molecule has 1 fully saturated rings. The highest BCUT2D eigenvalue weighted by molar-refractivity contribution is 6.01. The quantitative estimate of drug-likeness (QED) is 0.627. The second kappa shape index (κ2) is 6.28. The molecule has 1 aromatic carbocycles. The summed E-state index contributed by atoms with van der Waals surface area (Å²) in [5.74, 6) is -2.48. The van der Waals surface area contributed by atoms with Crippen LogP contribution in [-0.2, 0) is 4.74 Å². The monoisotopic (exact) mass is 300 g/mol. The van der Waals surface area contributed by atoms with Gasteiger partial charge in [-0.1, -0.05) is 18.6 Å². The lowest BCUT2D eigenvalue weighted by molar-refractivity contribution is -0.0885. The summed E-state index contributed by atoms with van der Waals surface area (Å²) in [5, 5.41) is 0. The normalized spacial score (nSPS) is 16.5. The number of halogens is 3. The topological polar surface area (TPSA) is 43.4 Å². The van der Waals surface area contributed by atoms with E-state index in [-0.39, 0.29) is 11.7 Å². The third kappa shape index (κ3) is 4.06. The fraction of sp³-hybridized carbons (Fsp3) is 0.467. The van der Waals surface area contributed by atoms with Gasteiger partial charge >= 0.3 is 12.1 Å². The molecule has 0 radical (unpaired) electrons. The minimum absolute atomic E-state index is 0.122. The molecule has 0 bridgehead atoms. The van der Waals surface area contributed by atoms with Crippen molar-refractivity contribution in [2.45, 2.75) is 44.4 Å². The zero-order chi connectivity index (χ0) is 15.5. The Morgan fingerprint density at radius 2 is 1.48 bits per heavy atom. The average Bonchev–Trinajstić information content (AvgIpc) is 2.46. The SMILES string of the molecule is O=C(OC1CCCCC1)c1ccc(C(=O)C(F)(F)F)cc1. The van der Waals surface area contributed by atoms with Crippen molar-refractivity contribution in [2.24, 2.45) is 0 Å². The molecule has 1 saturated carbocycles. The number of benzene rings is 1. The summed E-state index contributed by atoms with van der Waals surface area (Å²) in [5.41, 5.74) is -0.337. The third-order valence-electron chi connectivity index (χ3n) is 3.47. The minimum Gasteiger partial charge on any atom is -0.459 e. The van der Waals surface area contributed by atoms with Gasteiger partial charge in [0.25, 0.3) is 5.78 Å². The standard InChI is InChI=1S/C15H15F3O3/c16-15(17,18)13(19)10-6-8-11(9-7-10)14(20)21-12-4-2-1-3-5-12/h6-9,12H,1-5H2. The van der Waals surface area contributed by atoms with E-state index in [1.54, 1.807) is 0 Å². The zero-order valence-corrected chi connectivity index (χ0v) is 11.3. The number of hydrogen-bond acceptors (Lipinski definition) is 3. The minimum atomic E-state index is -4.91. The summed E-state index contributed by atoms with van der Waals surface area (Å²) in [4.78, 5) is 22.9. The Bertz CT molecular complexity index is 514. The number of carbonyl (C=O) groups is 2. The number of ether oxygens (including phenoxy) is 1. The molecule has 0 atom stereocenters. The summed E-state index contributed by atoms with van der Waals surface area (Å²) in [6.07, 6.45) is -0.254. The molecule has 1 aliphatic carbocycles. The van der Waals surface area contributed by atoms with Crippen molar-refractivity contribution in [1.29, 1.82) is 0 Å². The van der Waals surface area contributed by atoms with Gasteiger partial charge in [-0.15, -0.1) is 0 Å². The van der Waals surface area contributed by atoms with E-state index in [0.717, 1.165) is 44.2 Å². The van der Waals surface area contributed by atoms with Crippen LogP contribution in [0.1, 0.15) is 52.8 Å². The van der Waals surface area contributed by atoms with Crippen LogP contribution in [0.4, 0.5) is 13.2 Å². The average molecular weight is 300 g/mol. The number of ketones is 1. The van der Waals surface area contributed by atoms with E-state index in [2.05, 4.69) is 0 Å². The fourth-order valence-corrected chi connectivity index (χ4v) is 2.32. The van der Waals surface area contributed by atoms with Gasteiger partial charge in [0.15, 0.2) is 0 Å². The first-order chi connectivity index (χ1) is 9.88. The highest BCUT2D eigenvalue weighted by Gasteiger charge is 2.39. The molecule has 2 rings (SSSR count). The summed E-state index contributed by atoms with van der Waals surface area (Å²) < 4.78 is 42.1. The highest BCUT2D eigenvalue weighted by atomic mass is 19.4. The van der Waals surface area contributed by atoms with Gasteiger partial charge in [-0.25, -0.2) is 4.79 Å². The molecule has 1 aromatic rings. The van der Waals surface area contributed by atoms with Gasteiger partial charge in [0.1, 0.15) is 6.10 Å². The lowest BCUT2D eigenvalue weighted by Gasteiger charge is -2.21. The van der Waals surface area contributed by atoms with E-state index < -0.39 is 23.5 Å². The molecule has 0 unspecified atom stereocenters. The first-order valence-electron chi connectivity index (χ1n) is 6.80. The molecule has 114 valence electrons. The van der Waals surface area contributed by atoms with Crippen molar-refractivity contribution in [3.05, 3.63) is 35.4 Å². The van der Waals surface area contributed by atoms with Gasteiger partial charge in [-0.2, -0.15) is 13.2 Å². The smallest absolute Gasteiger partial charge is 0.454 e. The molecule has 6 heteroatoms. The van der Waals surface area contributed by atoms with E-state index >= 15 is 0 Å². The Morgan fingerprint density at radius 1 is 0.952 bits per heavy atom. The van der Waals surface area contributed by atoms with Crippen molar-refractivity contribution in [3.8, 4) is 0 Å². The van der Waals surface area contributed by atoms with E-state index in [1.807, 2.05) is 0 Å². The van der Waals surface area contributed by atoms with E-state index in [9.17, 15) is 22.8 Å². The largest absolute Gasteiger partial charge is 0.459 e. The molecule has 21 heavy (non-hydrogen) atoms. The molecule has 0 heterocycles. The van der Waals surface area contributed by atoms with Crippen LogP contribution >= 0.6 is 0 Å². The fourth-order valence-electron chi connectivity index (χ4n) is 2.32. The van der Waals surface area contributed by atoms with Gasteiger partial charge in [0.05, 0.1) is 5.56 Å². The zero-order valence-electron chi connectivity index (χ0n) is 11.3. The third-order valence-corrected chi connectivity index (χ3v) is 3.47. The number of hydrogen-bond donors (Lipinski definition) is 0. The van der Waals surface area contributed by atoms with Crippen LogP contribution in [0.25, 0.3) is 0 Å². The Hall–Kier alpha value is -1.85. The van der Waals surface area contributed by atoms with Crippen LogP contribution in [0.15, 0.2) is 24.3 Å². The first-order valence-corrected chi connectivity index (χ1v) is 6.80. The first kappa shape index (κ1) is 15.5. The molecule has 0 amide bonds. The maximum absolute atomic E-state index is 12.3. The number of esters is 1. The van der Waals surface area contributed by atoms with Crippen LogP contribution in [0.3, 0.4) is 0 Å². The number of Topliss-reactive ketones (excluding diaryl/α,β-unsaturated/α-hetero) is 1. The molecule has 0 aliphatic heterocycles. The molecule has 3 nitrogen and oxygen atoms in total. The van der Waals surface area contributed by atoms with Crippen molar-refractivity contribution < 1.29 is 27.5 Å². The van der Waals surface area contributed by atoms with Crippen molar-refractivity contribution in [3.63, 3.8) is 0 Å². The number of rotatable bonds is 3. The summed E-state index contributed by atoms with van der Waals surface area (Å²) in [6, 6.07) is 4.36. The van der Waals surface area contributed by atoms with Crippen LogP contribution < -0.4 is 0 Å². The lowest BCUT2D eigenvalue weighted by Crippen LogP contribution is -2.23. The van der Waals surface area contributed by atoms with Gasteiger partial charge in [0.2, 0.25) is 0 Å². The van der Waals surface area contributed by atoms with Crippen LogP contribution in [0, 0.1) is 0 Å². The van der Waals surface area contributed by atoms with E-state index in [1.165, 1.54) is 12.1 Å². The van der Waals surface area contributed by atoms with Crippen molar-refractivity contribution in [2.75, 3.05) is 0 Å². The molecular formula is C15H15F3O3. The van der Waals surface area contributed by atoms with Crippen LogP contribution in [0.5, 0.6) is 0 Å². The predicted octanol–water partition coefficient (Wildman–Crippen LogP) is 3.92. The Morgan fingerprint density at radius 3 is 2.00 bits per heavy atom. The van der Waals surface area contributed by atoms with Crippen LogP contribution in [0.2, 0.25) is 0 Å². The molecule has 0 aromatic heterocycles. The van der Waals surface area contributed by atoms with Gasteiger partial charge < -0.3 is 4.74 Å². The molecule has 0 saturated heterocycles. The van der Waals surface area contributed by atoms with Gasteiger partial charge in [0, 0.05) is 5.56 Å². The number of carbonyl (C=O) groups excluding carboxylic acids is 2. The lowest BCUT2D eigenvalue weighted by atomic mass is 9.98. The maximum atomic E-state index is 12.3. The molecule has 1 aliphatic rings. The Balaban J connectivity index is 2.01. The van der Waals surface area contributed by atoms with E-state index in [4.69, 9.17) is 4.74 Å². The van der Waals surface area contributed by atoms with Gasteiger partial charge in [-0.3, -0.25) is 4.79 Å². The molecule has 0 spiro atoms. The Kier molecular flexibility index (Phi) is 4.65. The van der Waals surface area contributed by atoms with Crippen LogP contribution in [-0.4, -0.2) is 24.0 Å². The maximum Gasteiger partial charge on any atom is 0.454 e. The summed E-state index contributed by atoms with van der Waals surface area (Å²) in [7, 11) is 0. The second-order valence-corrected chi connectivity index (χ2v) is 5.07. The number of alkyl halides is 3. The Labute approximate surface area is 120 Å². The predicted molar refractivity (Wildman–Crippen MR) is 69.1 cm³/mol. The van der Waals surface area contributed by atoms with Gasteiger partial charge in [-0.05, 0) is 37.8 Å². The molecule has 0 N–H and O–H groups in total. The van der Waals surface area contributed by atoms with Crippen molar-refractivity contribution >= 4 is 11.8 Å². The second-order valence-electron chi connectivity index (χ2n) is 5.07. The molecular weight excluding hydrogens is 285 g/mol. The highest BCUT2D eigenvalue weighted by Crippen LogP contribution is 2.23.